The van der Waals surface area contributed by atoms with Crippen molar-refractivity contribution in [2.75, 3.05) is 0 Å². The molecule has 0 saturated carbocycles. The lowest BCUT2D eigenvalue weighted by Gasteiger charge is -2.12. The number of fused-ring (bicyclic) bond motifs is 1. The molecule has 0 unspecified atom stereocenters. The van der Waals surface area contributed by atoms with E-state index in [0.29, 0.717) is 11.4 Å². The molecule has 0 fully saturated rings. The first kappa shape index (κ1) is 12.9. The topological polar surface area (TPSA) is 83.2 Å². The van der Waals surface area contributed by atoms with Crippen LogP contribution in [0.15, 0.2) is 68.5 Å². The summed E-state index contributed by atoms with van der Waals surface area (Å²) in [6, 6.07) is 9.37. The maximum Gasteiger partial charge on any atom is 0.237 e. The number of hydrogen-bond donors (Lipinski definition) is 1. The van der Waals surface area contributed by atoms with E-state index in [9.17, 15) is 8.42 Å². The maximum atomic E-state index is 12.2. The Morgan fingerprint density at radius 3 is 2.75 bits per heavy atom. The van der Waals surface area contributed by atoms with Gasteiger partial charge < -0.3 is 0 Å². The van der Waals surface area contributed by atoms with Gasteiger partial charge in [0.25, 0.3) is 0 Å². The second-order valence-electron chi connectivity index (χ2n) is 4.41. The molecule has 0 amide bonds. The molecule has 0 aromatic heterocycles. The molecular weight excluding hydrogens is 276 g/mol. The van der Waals surface area contributed by atoms with Gasteiger partial charge in [-0.25, -0.2) is 13.1 Å². The van der Waals surface area contributed by atoms with Crippen LogP contribution >= 0.6 is 0 Å². The predicted octanol–water partition coefficient (Wildman–Crippen LogP) is 2.10. The smallest absolute Gasteiger partial charge is 0.207 e. The fourth-order valence-electron chi connectivity index (χ4n) is 1.94. The van der Waals surface area contributed by atoms with Crippen LogP contribution in [0.2, 0.25) is 0 Å². The van der Waals surface area contributed by atoms with Crippen molar-refractivity contribution >= 4 is 15.7 Å². The lowest BCUT2D eigenvalue weighted by Crippen LogP contribution is -2.26. The molecule has 20 heavy (non-hydrogen) atoms. The summed E-state index contributed by atoms with van der Waals surface area (Å²) in [5, 5.41) is 11.1. The van der Waals surface area contributed by atoms with Gasteiger partial charge in [-0.3, -0.25) is 0 Å². The molecule has 0 bridgehead atoms. The Balaban J connectivity index is 1.73. The summed E-state index contributed by atoms with van der Waals surface area (Å²) in [5.74, 6) is 0. The first-order valence-corrected chi connectivity index (χ1v) is 7.56. The van der Waals surface area contributed by atoms with Gasteiger partial charge in [-0.15, -0.1) is 10.2 Å². The zero-order valence-electron chi connectivity index (χ0n) is 10.5. The number of hydrogen-bond acceptors (Lipinski definition) is 5. The molecule has 2 aliphatic rings. The average molecular weight is 288 g/mol. The van der Waals surface area contributed by atoms with Crippen molar-refractivity contribution in [1.82, 2.24) is 4.72 Å². The molecule has 3 rings (SSSR count). The zero-order chi connectivity index (χ0) is 14.0. The monoisotopic (exact) mass is 288 g/mol. The average Bonchev–Trinajstić information content (AvgIpc) is 2.94. The minimum Gasteiger partial charge on any atom is -0.207 e. The van der Waals surface area contributed by atoms with Gasteiger partial charge in [0.2, 0.25) is 10.0 Å². The van der Waals surface area contributed by atoms with E-state index in [1.165, 1.54) is 0 Å². The Hall–Kier alpha value is -2.12. The molecule has 7 heteroatoms. The molecule has 1 heterocycles. The maximum absolute atomic E-state index is 12.2. The van der Waals surface area contributed by atoms with E-state index in [1.807, 2.05) is 30.3 Å². The van der Waals surface area contributed by atoms with Crippen LogP contribution in [0, 0.1) is 0 Å². The van der Waals surface area contributed by atoms with Gasteiger partial charge in [-0.05, 0) is 22.9 Å². The highest BCUT2D eigenvalue weighted by atomic mass is 32.2. The van der Waals surface area contributed by atoms with Crippen molar-refractivity contribution in [1.29, 1.82) is 0 Å². The molecule has 6 nitrogen and oxygen atoms in total. The summed E-state index contributed by atoms with van der Waals surface area (Å²) in [5.41, 5.74) is 2.13. The zero-order valence-corrected chi connectivity index (χ0v) is 11.3. The molecular formula is C13H12N4O2S. The quantitative estimate of drug-likeness (QED) is 0.920. The SMILES string of the molecule is O=S(=O)(NCc1ccccc1)C1=CC=C2N=NN=C2C1. The number of nitrogens with zero attached hydrogens (tertiary/aromatic N) is 3. The number of sulfonamides is 1. The van der Waals surface area contributed by atoms with Crippen molar-refractivity contribution < 1.29 is 8.42 Å². The third-order valence-corrected chi connectivity index (χ3v) is 4.53. The third-order valence-electron chi connectivity index (χ3n) is 3.04. The van der Waals surface area contributed by atoms with E-state index in [1.54, 1.807) is 12.2 Å². The summed E-state index contributed by atoms with van der Waals surface area (Å²) >= 11 is 0. The lowest BCUT2D eigenvalue weighted by molar-refractivity contribution is 0.587. The van der Waals surface area contributed by atoms with E-state index in [4.69, 9.17) is 0 Å². The largest absolute Gasteiger partial charge is 0.237 e. The van der Waals surface area contributed by atoms with Crippen LogP contribution in [0.25, 0.3) is 0 Å². The first-order chi connectivity index (χ1) is 9.65. The van der Waals surface area contributed by atoms with Gasteiger partial charge in [0, 0.05) is 13.0 Å². The summed E-state index contributed by atoms with van der Waals surface area (Å²) in [6.07, 6.45) is 3.39. The Bertz CT molecular complexity index is 746. The van der Waals surface area contributed by atoms with Crippen molar-refractivity contribution in [3.05, 3.63) is 58.6 Å². The lowest BCUT2D eigenvalue weighted by atomic mass is 10.1. The fourth-order valence-corrected chi connectivity index (χ4v) is 3.05. The number of allylic oxidation sites excluding steroid dienone is 4. The van der Waals surface area contributed by atoms with Crippen LogP contribution in [0.3, 0.4) is 0 Å². The third kappa shape index (κ3) is 2.59. The minimum atomic E-state index is -3.52. The standard InChI is InChI=1S/C13H12N4O2S/c18-20(19,14-9-10-4-2-1-3-5-10)11-6-7-12-13(8-11)16-17-15-12/h1-7,14H,8-9H2. The molecule has 1 N–H and O–H groups in total. The van der Waals surface area contributed by atoms with Gasteiger partial charge in [0.05, 0.1) is 10.6 Å². The normalized spacial score (nSPS) is 17.3. The molecule has 1 aliphatic heterocycles. The van der Waals surface area contributed by atoms with E-state index in [0.717, 1.165) is 5.56 Å². The Morgan fingerprint density at radius 1 is 1.15 bits per heavy atom. The van der Waals surface area contributed by atoms with Gasteiger partial charge in [-0.2, -0.15) is 0 Å². The molecule has 1 aliphatic carbocycles. The van der Waals surface area contributed by atoms with Crippen molar-refractivity contribution in [3.8, 4) is 0 Å². The van der Waals surface area contributed by atoms with Gasteiger partial charge in [0.15, 0.2) is 0 Å². The molecule has 0 atom stereocenters. The van der Waals surface area contributed by atoms with Gasteiger partial charge in [-0.1, -0.05) is 30.3 Å². The molecule has 1 aromatic carbocycles. The van der Waals surface area contributed by atoms with E-state index < -0.39 is 10.0 Å². The number of benzene rings is 1. The van der Waals surface area contributed by atoms with Crippen LogP contribution in [0.4, 0.5) is 0 Å². The molecule has 0 spiro atoms. The Kier molecular flexibility index (Phi) is 3.29. The molecule has 0 radical (unpaired) electrons. The van der Waals surface area contributed by atoms with Crippen LogP contribution in [-0.2, 0) is 16.6 Å². The number of rotatable bonds is 4. The highest BCUT2D eigenvalue weighted by Gasteiger charge is 2.25. The van der Waals surface area contributed by atoms with Crippen molar-refractivity contribution in [2.45, 2.75) is 13.0 Å². The summed E-state index contributed by atoms with van der Waals surface area (Å²) < 4.78 is 27.0. The highest BCUT2D eigenvalue weighted by Crippen LogP contribution is 2.24. The highest BCUT2D eigenvalue weighted by molar-refractivity contribution is 7.93. The first-order valence-electron chi connectivity index (χ1n) is 6.07. The van der Waals surface area contributed by atoms with Gasteiger partial charge in [0.1, 0.15) is 5.70 Å². The minimum absolute atomic E-state index is 0.225. The second kappa shape index (κ2) is 5.10. The summed E-state index contributed by atoms with van der Waals surface area (Å²) in [7, 11) is -3.52. The predicted molar refractivity (Wildman–Crippen MR) is 75.3 cm³/mol. The van der Waals surface area contributed by atoms with Crippen LogP contribution < -0.4 is 4.72 Å². The summed E-state index contributed by atoms with van der Waals surface area (Å²) in [6.45, 7) is 0.262. The molecule has 0 saturated heterocycles. The van der Waals surface area contributed by atoms with Crippen molar-refractivity contribution in [3.63, 3.8) is 0 Å². The molecule has 102 valence electrons. The molecule has 1 aromatic rings. The Labute approximate surface area is 116 Å². The van der Waals surface area contributed by atoms with E-state index in [2.05, 4.69) is 20.2 Å². The van der Waals surface area contributed by atoms with Crippen LogP contribution in [0.5, 0.6) is 0 Å². The second-order valence-corrected chi connectivity index (χ2v) is 6.23. The van der Waals surface area contributed by atoms with Crippen molar-refractivity contribution in [2.24, 2.45) is 15.4 Å². The summed E-state index contributed by atoms with van der Waals surface area (Å²) in [4.78, 5) is 0.281. The van der Waals surface area contributed by atoms with E-state index in [-0.39, 0.29) is 17.9 Å². The van der Waals surface area contributed by atoms with Crippen LogP contribution in [-0.4, -0.2) is 14.1 Å². The van der Waals surface area contributed by atoms with Gasteiger partial charge >= 0.3 is 0 Å². The Morgan fingerprint density at radius 2 is 1.95 bits per heavy atom. The van der Waals surface area contributed by atoms with E-state index >= 15 is 0 Å². The fraction of sp³-hybridized carbons (Fsp3) is 0.154. The number of nitrogens with one attached hydrogen (secondary N) is 1. The van der Waals surface area contributed by atoms with Crippen LogP contribution in [0.1, 0.15) is 12.0 Å².